The van der Waals surface area contributed by atoms with Crippen LogP contribution in [0.25, 0.3) is 0 Å². The maximum Gasteiger partial charge on any atom is 0.311 e. The van der Waals surface area contributed by atoms with E-state index in [-0.39, 0.29) is 77.1 Å². The molecule has 14 atom stereocenters. The van der Waals surface area contributed by atoms with E-state index < -0.39 is 47.5 Å². The minimum atomic E-state index is -1.01. The first kappa shape index (κ1) is 67.2. The third-order valence-corrected chi connectivity index (χ3v) is 23.4. The van der Waals surface area contributed by atoms with Gasteiger partial charge in [0.15, 0.2) is 18.2 Å². The first-order chi connectivity index (χ1) is 41.8. The zero-order chi connectivity index (χ0) is 61.7. The van der Waals surface area contributed by atoms with E-state index in [2.05, 4.69) is 61.5 Å². The number of hydrogen-bond acceptors (Lipinski definition) is 10. The van der Waals surface area contributed by atoms with Crippen LogP contribution in [-0.2, 0) is 67.4 Å². The van der Waals surface area contributed by atoms with Crippen molar-refractivity contribution in [1.82, 2.24) is 0 Å². The molecule has 5 fully saturated rings. The monoisotopic (exact) mass is 1200 g/mol. The van der Waals surface area contributed by atoms with E-state index in [0.717, 1.165) is 80.9 Å². The van der Waals surface area contributed by atoms with E-state index in [1.54, 1.807) is 0 Å². The van der Waals surface area contributed by atoms with Crippen LogP contribution < -0.4 is 0 Å². The summed E-state index contributed by atoms with van der Waals surface area (Å²) in [5.41, 5.74) is 2.56. The lowest BCUT2D eigenvalue weighted by Gasteiger charge is -2.70. The number of ketones is 1. The maximum absolute atomic E-state index is 15.6. The molecule has 0 spiro atoms. The van der Waals surface area contributed by atoms with E-state index in [1.165, 1.54) is 102 Å². The fraction of sp³-hybridized carbons (Fsp3) is 0.701. The Morgan fingerprint density at radius 2 is 1.11 bits per heavy atom. The molecule has 0 unspecified atom stereocenters. The quantitative estimate of drug-likeness (QED) is 0.0350. The normalized spacial score (nSPS) is 33.5. The van der Waals surface area contributed by atoms with Gasteiger partial charge in [-0.3, -0.25) is 14.4 Å². The zero-order valence-corrected chi connectivity index (χ0v) is 55.2. The highest BCUT2D eigenvalue weighted by molar-refractivity contribution is 5.95. The summed E-state index contributed by atoms with van der Waals surface area (Å²) in [6.45, 7) is 21.9. The smallest absolute Gasteiger partial charge is 0.311 e. The van der Waals surface area contributed by atoms with Crippen LogP contribution in [0.2, 0.25) is 0 Å². The summed E-state index contributed by atoms with van der Waals surface area (Å²) in [5.74, 6) is -0.137. The summed E-state index contributed by atoms with van der Waals surface area (Å²) >= 11 is 0. The number of esters is 2. The van der Waals surface area contributed by atoms with Crippen molar-refractivity contribution in [2.24, 2.45) is 50.2 Å². The molecule has 0 N–H and O–H groups in total. The standard InChI is InChI=1S/C77H112O10/c1-10-11-12-13-14-15-16-17-18-19-20-21-22-23-24-34-49-82-71(80)74(6)46-45-73(5)47-48-76(8)60(61(73)51-74)50-62(79)69-75(7)43-42-65(72(3,4)64(75)41-44-77(69,76)9)87-70-68(85-56(2)78)67(84-54-59-39-32-27-33-40-59)66(83-53-58-37-30-26-31-38-58)63(86-70)55-81-52-57-35-28-25-29-36-57/h25-33,35-40,50,61,63-70H,10-24,34,41-49,51-55H2,1-9H3/t61-,63+,64-,65-,66+,67-,68-,69+,70+,73+,74-,75-,76+,77+/m0/s1. The number of allylic oxidation sites excluding steroid dienone is 2. The molecule has 9 rings (SSSR count). The summed E-state index contributed by atoms with van der Waals surface area (Å²) in [5, 5.41) is 0. The number of hydrogen-bond donors (Lipinski definition) is 0. The molecule has 1 heterocycles. The summed E-state index contributed by atoms with van der Waals surface area (Å²) in [4.78, 5) is 43.2. The fourth-order valence-corrected chi connectivity index (χ4v) is 18.0. The lowest BCUT2D eigenvalue weighted by atomic mass is 9.33. The first-order valence-electron chi connectivity index (χ1n) is 34.7. The predicted molar refractivity (Wildman–Crippen MR) is 345 cm³/mol. The maximum atomic E-state index is 15.6. The highest BCUT2D eigenvalue weighted by Gasteiger charge is 2.71. The second-order valence-corrected chi connectivity index (χ2v) is 29.8. The SMILES string of the molecule is CCCCCCCCCCCCCCCCCCOC(=O)[C@@]1(C)CC[C@]2(C)CC[C@]3(C)C(=CC(=O)[C@@H]4[C@@]5(C)CC[C@H](O[C@H]6O[C@H](COCc7ccccc7)[C@@H](OCc7ccccc7)[C@H](OCc7ccccc7)[C@@H]6OC(C)=O)C(C)(C)[C@@H]5CC[C@]43C)[C@@H]2C1. The van der Waals surface area contributed by atoms with Gasteiger partial charge in [-0.2, -0.15) is 0 Å². The van der Waals surface area contributed by atoms with Gasteiger partial charge in [0.25, 0.3) is 0 Å². The molecule has 3 aromatic carbocycles. The van der Waals surface area contributed by atoms with Crippen molar-refractivity contribution in [2.45, 2.75) is 279 Å². The Kier molecular flexibility index (Phi) is 23.4. The Labute approximate surface area is 525 Å². The zero-order valence-electron chi connectivity index (χ0n) is 55.2. The number of rotatable bonds is 31. The van der Waals surface area contributed by atoms with Gasteiger partial charge in [-0.1, -0.05) is 241 Å². The van der Waals surface area contributed by atoms with Gasteiger partial charge in [-0.15, -0.1) is 0 Å². The summed E-state index contributed by atoms with van der Waals surface area (Å²) < 4.78 is 47.2. The number of benzene rings is 3. The Hall–Kier alpha value is -4.19. The molecule has 1 aliphatic heterocycles. The van der Waals surface area contributed by atoms with Crippen molar-refractivity contribution < 1.29 is 47.5 Å². The van der Waals surface area contributed by atoms with Crippen molar-refractivity contribution in [2.75, 3.05) is 13.2 Å². The molecule has 87 heavy (non-hydrogen) atoms. The molecular formula is C77H112O10. The van der Waals surface area contributed by atoms with Crippen LogP contribution in [0, 0.1) is 50.2 Å². The molecule has 480 valence electrons. The third kappa shape index (κ3) is 15.6. The van der Waals surface area contributed by atoms with Crippen LogP contribution in [-0.4, -0.2) is 67.7 Å². The van der Waals surface area contributed by atoms with Gasteiger partial charge in [0, 0.05) is 12.8 Å². The van der Waals surface area contributed by atoms with E-state index in [4.69, 9.17) is 33.2 Å². The molecule has 4 saturated carbocycles. The van der Waals surface area contributed by atoms with Gasteiger partial charge in [-0.25, -0.2) is 0 Å². The van der Waals surface area contributed by atoms with E-state index in [0.29, 0.717) is 19.6 Å². The highest BCUT2D eigenvalue weighted by atomic mass is 16.7. The summed E-state index contributed by atoms with van der Waals surface area (Å²) in [6.07, 6.45) is 26.8. The molecule has 0 bridgehead atoms. The Morgan fingerprint density at radius 3 is 1.68 bits per heavy atom. The van der Waals surface area contributed by atoms with Crippen LogP contribution in [0.5, 0.6) is 0 Å². The van der Waals surface area contributed by atoms with Crippen LogP contribution in [0.15, 0.2) is 103 Å². The second kappa shape index (κ2) is 30.3. The minimum absolute atomic E-state index is 0.0266. The second-order valence-electron chi connectivity index (χ2n) is 29.8. The van der Waals surface area contributed by atoms with Crippen molar-refractivity contribution >= 4 is 17.7 Å². The molecule has 1 saturated heterocycles. The van der Waals surface area contributed by atoms with Crippen molar-refractivity contribution in [1.29, 1.82) is 0 Å². The Bertz CT molecular complexity index is 2670. The molecule has 10 heteroatoms. The average Bonchev–Trinajstić information content (AvgIpc) is 0.684. The number of carbonyl (C=O) groups is 3. The van der Waals surface area contributed by atoms with Gasteiger partial charge in [-0.05, 0) is 133 Å². The van der Waals surface area contributed by atoms with Gasteiger partial charge < -0.3 is 33.2 Å². The van der Waals surface area contributed by atoms with Crippen LogP contribution >= 0.6 is 0 Å². The molecule has 0 aromatic heterocycles. The average molecular weight is 1200 g/mol. The lowest BCUT2D eigenvalue weighted by molar-refractivity contribution is -0.342. The number of carbonyl (C=O) groups excluding carboxylic acids is 3. The van der Waals surface area contributed by atoms with E-state index in [9.17, 15) is 9.59 Å². The first-order valence-corrected chi connectivity index (χ1v) is 34.7. The number of unbranched alkanes of at least 4 members (excludes halogenated alkanes) is 15. The Balaban J connectivity index is 0.864. The minimum Gasteiger partial charge on any atom is -0.465 e. The van der Waals surface area contributed by atoms with Crippen molar-refractivity contribution in [3.05, 3.63) is 119 Å². The van der Waals surface area contributed by atoms with Crippen molar-refractivity contribution in [3.8, 4) is 0 Å². The fourth-order valence-electron chi connectivity index (χ4n) is 18.0. The van der Waals surface area contributed by atoms with Gasteiger partial charge in [0.2, 0.25) is 0 Å². The Morgan fingerprint density at radius 1 is 0.586 bits per heavy atom. The molecule has 0 amide bonds. The lowest BCUT2D eigenvalue weighted by Crippen LogP contribution is -2.67. The molecule has 10 nitrogen and oxygen atoms in total. The van der Waals surface area contributed by atoms with E-state index in [1.807, 2.05) is 91.0 Å². The molecular weight excluding hydrogens is 1080 g/mol. The molecule has 0 radical (unpaired) electrons. The number of ether oxygens (including phenoxy) is 7. The largest absolute Gasteiger partial charge is 0.465 e. The van der Waals surface area contributed by atoms with Gasteiger partial charge >= 0.3 is 11.9 Å². The predicted octanol–water partition coefficient (Wildman–Crippen LogP) is 18.2. The molecule has 5 aliphatic carbocycles. The van der Waals surface area contributed by atoms with Crippen molar-refractivity contribution in [3.63, 3.8) is 0 Å². The van der Waals surface area contributed by atoms with E-state index >= 15 is 4.79 Å². The van der Waals surface area contributed by atoms with Gasteiger partial charge in [0.05, 0.1) is 44.6 Å². The van der Waals surface area contributed by atoms with Crippen LogP contribution in [0.4, 0.5) is 0 Å². The summed E-state index contributed by atoms with van der Waals surface area (Å²) in [7, 11) is 0. The number of fused-ring (bicyclic) bond motifs is 7. The van der Waals surface area contributed by atoms with Gasteiger partial charge in [0.1, 0.15) is 18.3 Å². The van der Waals surface area contributed by atoms with Crippen LogP contribution in [0.1, 0.15) is 240 Å². The summed E-state index contributed by atoms with van der Waals surface area (Å²) in [6, 6.07) is 30.1. The van der Waals surface area contributed by atoms with Crippen LogP contribution in [0.3, 0.4) is 0 Å². The highest BCUT2D eigenvalue weighted by Crippen LogP contribution is 2.75. The third-order valence-electron chi connectivity index (χ3n) is 23.4. The topological polar surface area (TPSA) is 116 Å². The molecule has 3 aromatic rings. The molecule has 6 aliphatic rings.